The van der Waals surface area contributed by atoms with E-state index in [-0.39, 0.29) is 5.91 Å². The van der Waals surface area contributed by atoms with Gasteiger partial charge in [-0.2, -0.15) is 0 Å². The Morgan fingerprint density at radius 3 is 2.78 bits per heavy atom. The number of carbonyl (C=O) groups excluding carboxylic acids is 1. The van der Waals surface area contributed by atoms with Crippen molar-refractivity contribution in [3.8, 4) is 0 Å². The number of hydrogen-bond donors (Lipinski definition) is 2. The van der Waals surface area contributed by atoms with E-state index in [1.165, 1.54) is 25.7 Å². The minimum atomic E-state index is 0.0902. The highest BCUT2D eigenvalue weighted by Crippen LogP contribution is 2.29. The van der Waals surface area contributed by atoms with E-state index in [9.17, 15) is 4.79 Å². The molecule has 1 saturated carbocycles. The number of nitrogens with one attached hydrogen (secondary N) is 1. The van der Waals surface area contributed by atoms with Crippen LogP contribution in [0.3, 0.4) is 0 Å². The number of carbonyl (C=O) groups is 1. The molecule has 1 aliphatic rings. The third-order valence-electron chi connectivity index (χ3n) is 3.52. The SMILES string of the molecule is Nc1ccc(NC(=O)CCC2CCCC2)c(Br)c1. The molecule has 0 radical (unpaired) electrons. The van der Waals surface area contributed by atoms with Gasteiger partial charge in [0.05, 0.1) is 5.69 Å². The van der Waals surface area contributed by atoms with Gasteiger partial charge in [0, 0.05) is 16.6 Å². The van der Waals surface area contributed by atoms with E-state index in [2.05, 4.69) is 21.2 Å². The van der Waals surface area contributed by atoms with E-state index >= 15 is 0 Å². The molecule has 2 rings (SSSR count). The molecule has 1 aromatic rings. The Kier molecular flexibility index (Phi) is 4.64. The molecule has 1 aromatic carbocycles. The Hall–Kier alpha value is -1.03. The van der Waals surface area contributed by atoms with Crippen LogP contribution in [0.2, 0.25) is 0 Å². The van der Waals surface area contributed by atoms with Gasteiger partial charge in [-0.05, 0) is 46.5 Å². The van der Waals surface area contributed by atoms with Crippen LogP contribution in [0.25, 0.3) is 0 Å². The second kappa shape index (κ2) is 6.23. The number of benzene rings is 1. The first-order valence-electron chi connectivity index (χ1n) is 6.50. The smallest absolute Gasteiger partial charge is 0.224 e. The molecule has 4 heteroatoms. The summed E-state index contributed by atoms with van der Waals surface area (Å²) in [6.45, 7) is 0. The largest absolute Gasteiger partial charge is 0.399 e. The Labute approximate surface area is 116 Å². The van der Waals surface area contributed by atoms with Crippen LogP contribution in [0.15, 0.2) is 22.7 Å². The van der Waals surface area contributed by atoms with E-state index < -0.39 is 0 Å². The van der Waals surface area contributed by atoms with E-state index in [1.54, 1.807) is 12.1 Å². The van der Waals surface area contributed by atoms with Crippen molar-refractivity contribution in [2.45, 2.75) is 38.5 Å². The van der Waals surface area contributed by atoms with Gasteiger partial charge in [-0.1, -0.05) is 25.7 Å². The summed E-state index contributed by atoms with van der Waals surface area (Å²) in [5.41, 5.74) is 7.14. The average molecular weight is 311 g/mol. The summed E-state index contributed by atoms with van der Waals surface area (Å²) in [5, 5.41) is 2.92. The zero-order valence-corrected chi connectivity index (χ0v) is 12.0. The predicted molar refractivity (Wildman–Crippen MR) is 78.4 cm³/mol. The third kappa shape index (κ3) is 3.73. The Bertz CT molecular complexity index is 428. The van der Waals surface area contributed by atoms with Crippen LogP contribution < -0.4 is 11.1 Å². The molecule has 0 spiro atoms. The molecule has 0 aromatic heterocycles. The highest BCUT2D eigenvalue weighted by atomic mass is 79.9. The number of nitrogen functional groups attached to an aromatic ring is 1. The Morgan fingerprint density at radius 2 is 2.11 bits per heavy atom. The van der Waals surface area contributed by atoms with Crippen molar-refractivity contribution in [3.63, 3.8) is 0 Å². The van der Waals surface area contributed by atoms with Gasteiger partial charge in [0.25, 0.3) is 0 Å². The summed E-state index contributed by atoms with van der Waals surface area (Å²) in [4.78, 5) is 11.8. The fraction of sp³-hybridized carbons (Fsp3) is 0.500. The van der Waals surface area contributed by atoms with Crippen molar-refractivity contribution < 1.29 is 4.79 Å². The van der Waals surface area contributed by atoms with Gasteiger partial charge in [0.15, 0.2) is 0 Å². The number of halogens is 1. The molecule has 98 valence electrons. The van der Waals surface area contributed by atoms with Crippen LogP contribution in [0.4, 0.5) is 11.4 Å². The van der Waals surface area contributed by atoms with Crippen molar-refractivity contribution in [1.82, 2.24) is 0 Å². The average Bonchev–Trinajstić information content (AvgIpc) is 2.83. The highest BCUT2D eigenvalue weighted by molar-refractivity contribution is 9.10. The molecular weight excluding hydrogens is 292 g/mol. The van der Waals surface area contributed by atoms with E-state index in [0.717, 1.165) is 22.5 Å². The van der Waals surface area contributed by atoms with Crippen molar-refractivity contribution in [2.24, 2.45) is 5.92 Å². The summed E-state index contributed by atoms with van der Waals surface area (Å²) in [7, 11) is 0. The quantitative estimate of drug-likeness (QED) is 0.828. The Morgan fingerprint density at radius 1 is 1.39 bits per heavy atom. The summed E-state index contributed by atoms with van der Waals surface area (Å²) in [5.74, 6) is 0.845. The van der Waals surface area contributed by atoms with Gasteiger partial charge in [-0.25, -0.2) is 0 Å². The molecule has 1 fully saturated rings. The van der Waals surface area contributed by atoms with Gasteiger partial charge in [0.2, 0.25) is 5.91 Å². The van der Waals surface area contributed by atoms with Crippen molar-refractivity contribution in [1.29, 1.82) is 0 Å². The number of hydrogen-bond acceptors (Lipinski definition) is 2. The van der Waals surface area contributed by atoms with Gasteiger partial charge < -0.3 is 11.1 Å². The van der Waals surface area contributed by atoms with Crippen LogP contribution in [0.1, 0.15) is 38.5 Å². The fourth-order valence-electron chi connectivity index (χ4n) is 2.48. The van der Waals surface area contributed by atoms with Crippen LogP contribution in [-0.2, 0) is 4.79 Å². The lowest BCUT2D eigenvalue weighted by atomic mass is 10.0. The van der Waals surface area contributed by atoms with Gasteiger partial charge in [0.1, 0.15) is 0 Å². The van der Waals surface area contributed by atoms with Gasteiger partial charge in [-0.3, -0.25) is 4.79 Å². The first kappa shape index (κ1) is 13.4. The second-order valence-electron chi connectivity index (χ2n) is 4.98. The van der Waals surface area contributed by atoms with Gasteiger partial charge in [-0.15, -0.1) is 0 Å². The molecule has 3 N–H and O–H groups in total. The van der Waals surface area contributed by atoms with E-state index in [4.69, 9.17) is 5.73 Å². The molecule has 1 amide bonds. The number of nitrogens with two attached hydrogens (primary N) is 1. The number of anilines is 2. The highest BCUT2D eigenvalue weighted by Gasteiger charge is 2.16. The molecule has 3 nitrogen and oxygen atoms in total. The normalized spacial score (nSPS) is 15.8. The van der Waals surface area contributed by atoms with Crippen molar-refractivity contribution >= 4 is 33.2 Å². The standard InChI is InChI=1S/C14H19BrN2O/c15-12-9-11(16)6-7-13(12)17-14(18)8-5-10-3-1-2-4-10/h6-7,9-10H,1-5,8,16H2,(H,17,18). The minimum absolute atomic E-state index is 0.0902. The molecule has 0 heterocycles. The molecular formula is C14H19BrN2O. The molecule has 0 atom stereocenters. The monoisotopic (exact) mass is 310 g/mol. The first-order valence-corrected chi connectivity index (χ1v) is 7.29. The third-order valence-corrected chi connectivity index (χ3v) is 4.18. The molecule has 18 heavy (non-hydrogen) atoms. The minimum Gasteiger partial charge on any atom is -0.399 e. The maximum Gasteiger partial charge on any atom is 0.224 e. The number of amides is 1. The van der Waals surface area contributed by atoms with Crippen molar-refractivity contribution in [3.05, 3.63) is 22.7 Å². The predicted octanol–water partition coefficient (Wildman–Crippen LogP) is 3.94. The first-order chi connectivity index (χ1) is 8.65. The maximum absolute atomic E-state index is 11.8. The van der Waals surface area contributed by atoms with E-state index in [1.807, 2.05) is 6.07 Å². The topological polar surface area (TPSA) is 55.1 Å². The van der Waals surface area contributed by atoms with Gasteiger partial charge >= 0.3 is 0 Å². The molecule has 0 bridgehead atoms. The van der Waals surface area contributed by atoms with Crippen LogP contribution in [0, 0.1) is 5.92 Å². The Balaban J connectivity index is 1.82. The molecule has 0 saturated heterocycles. The lowest BCUT2D eigenvalue weighted by Gasteiger charge is -2.10. The van der Waals surface area contributed by atoms with Crippen LogP contribution in [0.5, 0.6) is 0 Å². The maximum atomic E-state index is 11.8. The summed E-state index contributed by atoms with van der Waals surface area (Å²) < 4.78 is 0.830. The molecule has 0 unspecified atom stereocenters. The fourth-order valence-corrected chi connectivity index (χ4v) is 2.98. The zero-order chi connectivity index (χ0) is 13.0. The lowest BCUT2D eigenvalue weighted by Crippen LogP contribution is -2.13. The summed E-state index contributed by atoms with van der Waals surface area (Å²) >= 11 is 3.40. The lowest BCUT2D eigenvalue weighted by molar-refractivity contribution is -0.116. The summed E-state index contributed by atoms with van der Waals surface area (Å²) in [6, 6.07) is 5.41. The van der Waals surface area contributed by atoms with E-state index in [0.29, 0.717) is 12.1 Å². The molecule has 1 aliphatic carbocycles. The summed E-state index contributed by atoms with van der Waals surface area (Å²) in [6.07, 6.45) is 6.86. The van der Waals surface area contributed by atoms with Crippen LogP contribution >= 0.6 is 15.9 Å². The second-order valence-corrected chi connectivity index (χ2v) is 5.83. The molecule has 0 aliphatic heterocycles. The van der Waals surface area contributed by atoms with Crippen LogP contribution in [-0.4, -0.2) is 5.91 Å². The number of rotatable bonds is 4. The zero-order valence-electron chi connectivity index (χ0n) is 10.4. The van der Waals surface area contributed by atoms with Crippen molar-refractivity contribution in [2.75, 3.05) is 11.1 Å².